The minimum atomic E-state index is 0.786. The summed E-state index contributed by atoms with van der Waals surface area (Å²) in [5.41, 5.74) is 3.04. The molecule has 1 aliphatic carbocycles. The van der Waals surface area contributed by atoms with Crippen molar-refractivity contribution >= 4 is 0 Å². The summed E-state index contributed by atoms with van der Waals surface area (Å²) in [6, 6.07) is 0. The van der Waals surface area contributed by atoms with E-state index in [1.165, 1.54) is 37.7 Å². The molecule has 0 aliphatic heterocycles. The number of hydrogen-bond acceptors (Lipinski definition) is 0. The molecule has 0 heteroatoms. The van der Waals surface area contributed by atoms with E-state index in [4.69, 9.17) is 0 Å². The van der Waals surface area contributed by atoms with Crippen molar-refractivity contribution in [2.24, 2.45) is 5.92 Å². The van der Waals surface area contributed by atoms with Crippen molar-refractivity contribution in [3.63, 3.8) is 0 Å². The molecule has 0 radical (unpaired) electrons. The average molecular weight is 164 g/mol. The lowest BCUT2D eigenvalue weighted by atomic mass is 9.84. The van der Waals surface area contributed by atoms with E-state index in [0.717, 1.165) is 5.92 Å². The Morgan fingerprint density at radius 1 is 1.67 bits per heavy atom. The summed E-state index contributed by atoms with van der Waals surface area (Å²) in [6.07, 6.45) is 8.71. The van der Waals surface area contributed by atoms with Crippen LogP contribution >= 0.6 is 0 Å². The first-order valence-corrected chi connectivity index (χ1v) is 5.07. The van der Waals surface area contributed by atoms with Gasteiger partial charge in [-0.1, -0.05) is 37.1 Å². The van der Waals surface area contributed by atoms with E-state index in [9.17, 15) is 0 Å². The Kier molecular flexibility index (Phi) is 3.58. The summed E-state index contributed by atoms with van der Waals surface area (Å²) in [5, 5.41) is 0. The van der Waals surface area contributed by atoms with Gasteiger partial charge in [-0.05, 0) is 38.5 Å². The Bertz CT molecular complexity index is 186. The highest BCUT2D eigenvalue weighted by Crippen LogP contribution is 2.29. The minimum absolute atomic E-state index is 0.786. The maximum Gasteiger partial charge on any atom is -0.0168 e. The molecular formula is C12H20. The van der Waals surface area contributed by atoms with Gasteiger partial charge in [-0.15, -0.1) is 0 Å². The van der Waals surface area contributed by atoms with Gasteiger partial charge in [-0.2, -0.15) is 0 Å². The van der Waals surface area contributed by atoms with Gasteiger partial charge in [-0.25, -0.2) is 0 Å². The van der Waals surface area contributed by atoms with Gasteiger partial charge in [0, 0.05) is 0 Å². The third-order valence-corrected chi connectivity index (χ3v) is 2.79. The van der Waals surface area contributed by atoms with Crippen LogP contribution < -0.4 is 0 Å². The molecule has 0 saturated carbocycles. The zero-order chi connectivity index (χ0) is 8.97. The molecule has 0 aromatic heterocycles. The highest BCUT2D eigenvalue weighted by Gasteiger charge is 2.14. The molecule has 0 amide bonds. The van der Waals surface area contributed by atoms with E-state index in [-0.39, 0.29) is 0 Å². The van der Waals surface area contributed by atoms with Crippen LogP contribution in [0.5, 0.6) is 0 Å². The zero-order valence-electron chi connectivity index (χ0n) is 8.40. The zero-order valence-corrected chi connectivity index (χ0v) is 8.40. The standard InChI is InChI=1S/C12H20/c1-4-5-11(3)12-8-6-10(2)7-9-12/h6,12H,3-5,7-9H2,1-2H3. The molecule has 0 nitrogen and oxygen atoms in total. The molecule has 0 heterocycles. The monoisotopic (exact) mass is 164 g/mol. The summed E-state index contributed by atoms with van der Waals surface area (Å²) in [5.74, 6) is 0.786. The lowest BCUT2D eigenvalue weighted by molar-refractivity contribution is 0.521. The first-order valence-electron chi connectivity index (χ1n) is 5.07. The van der Waals surface area contributed by atoms with Crippen molar-refractivity contribution in [1.29, 1.82) is 0 Å². The van der Waals surface area contributed by atoms with E-state index < -0.39 is 0 Å². The Morgan fingerprint density at radius 2 is 2.42 bits per heavy atom. The second-order valence-electron chi connectivity index (χ2n) is 3.93. The van der Waals surface area contributed by atoms with E-state index in [1.807, 2.05) is 0 Å². The summed E-state index contributed by atoms with van der Waals surface area (Å²) >= 11 is 0. The van der Waals surface area contributed by atoms with Crippen molar-refractivity contribution in [3.05, 3.63) is 23.8 Å². The molecule has 0 aromatic carbocycles. The van der Waals surface area contributed by atoms with Gasteiger partial charge < -0.3 is 0 Å². The third kappa shape index (κ3) is 2.51. The number of rotatable bonds is 3. The first-order chi connectivity index (χ1) is 5.74. The lowest BCUT2D eigenvalue weighted by Crippen LogP contribution is -2.07. The summed E-state index contributed by atoms with van der Waals surface area (Å²) < 4.78 is 0. The molecule has 1 aliphatic rings. The van der Waals surface area contributed by atoms with Gasteiger partial charge in [0.2, 0.25) is 0 Å². The molecule has 0 spiro atoms. The molecule has 0 N–H and O–H groups in total. The first kappa shape index (κ1) is 9.57. The largest absolute Gasteiger partial charge is 0.0996 e. The van der Waals surface area contributed by atoms with Gasteiger partial charge in [0.05, 0.1) is 0 Å². The minimum Gasteiger partial charge on any atom is -0.0996 e. The van der Waals surface area contributed by atoms with Crippen molar-refractivity contribution in [2.75, 3.05) is 0 Å². The fourth-order valence-electron chi connectivity index (χ4n) is 1.86. The predicted molar refractivity (Wildman–Crippen MR) is 55.1 cm³/mol. The average Bonchev–Trinajstić information content (AvgIpc) is 2.06. The lowest BCUT2D eigenvalue weighted by Gasteiger charge is -2.22. The van der Waals surface area contributed by atoms with Gasteiger partial charge in [0.25, 0.3) is 0 Å². The molecule has 0 saturated heterocycles. The van der Waals surface area contributed by atoms with Crippen LogP contribution in [0.4, 0.5) is 0 Å². The second kappa shape index (κ2) is 4.49. The number of hydrogen-bond donors (Lipinski definition) is 0. The van der Waals surface area contributed by atoms with E-state index >= 15 is 0 Å². The van der Waals surface area contributed by atoms with Gasteiger partial charge in [0.15, 0.2) is 0 Å². The van der Waals surface area contributed by atoms with Crippen LogP contribution in [-0.2, 0) is 0 Å². The molecule has 0 fully saturated rings. The van der Waals surface area contributed by atoms with Gasteiger partial charge in [0.1, 0.15) is 0 Å². The SMILES string of the molecule is C=C(CCC)C1CC=C(C)CC1. The smallest absolute Gasteiger partial charge is 0.0168 e. The highest BCUT2D eigenvalue weighted by atomic mass is 14.2. The van der Waals surface area contributed by atoms with Crippen molar-refractivity contribution < 1.29 is 0 Å². The fraction of sp³-hybridized carbons (Fsp3) is 0.667. The molecule has 0 bridgehead atoms. The molecular weight excluding hydrogens is 144 g/mol. The Balaban J connectivity index is 2.40. The van der Waals surface area contributed by atoms with Crippen LogP contribution in [0.3, 0.4) is 0 Å². The summed E-state index contributed by atoms with van der Waals surface area (Å²) in [6.45, 7) is 8.63. The topological polar surface area (TPSA) is 0 Å². The van der Waals surface area contributed by atoms with Crippen molar-refractivity contribution in [3.8, 4) is 0 Å². The number of allylic oxidation sites excluding steroid dienone is 3. The Hall–Kier alpha value is -0.520. The predicted octanol–water partition coefficient (Wildman–Crippen LogP) is 4.09. The maximum absolute atomic E-state index is 4.16. The molecule has 1 rings (SSSR count). The molecule has 1 unspecified atom stereocenters. The van der Waals surface area contributed by atoms with Gasteiger partial charge in [-0.3, -0.25) is 0 Å². The Labute approximate surface area is 76.4 Å². The second-order valence-corrected chi connectivity index (χ2v) is 3.93. The Morgan fingerprint density at radius 3 is 2.92 bits per heavy atom. The molecule has 1 atom stereocenters. The van der Waals surface area contributed by atoms with Crippen LogP contribution in [0.15, 0.2) is 23.8 Å². The van der Waals surface area contributed by atoms with Crippen LogP contribution in [0.25, 0.3) is 0 Å². The van der Waals surface area contributed by atoms with Gasteiger partial charge >= 0.3 is 0 Å². The van der Waals surface area contributed by atoms with Crippen LogP contribution in [0.1, 0.15) is 46.0 Å². The van der Waals surface area contributed by atoms with Crippen LogP contribution in [-0.4, -0.2) is 0 Å². The van der Waals surface area contributed by atoms with E-state index in [1.54, 1.807) is 5.57 Å². The maximum atomic E-state index is 4.16. The third-order valence-electron chi connectivity index (χ3n) is 2.79. The molecule has 68 valence electrons. The van der Waals surface area contributed by atoms with Crippen LogP contribution in [0.2, 0.25) is 0 Å². The molecule has 12 heavy (non-hydrogen) atoms. The summed E-state index contributed by atoms with van der Waals surface area (Å²) in [4.78, 5) is 0. The van der Waals surface area contributed by atoms with E-state index in [2.05, 4.69) is 26.5 Å². The van der Waals surface area contributed by atoms with E-state index in [0.29, 0.717) is 0 Å². The highest BCUT2D eigenvalue weighted by molar-refractivity contribution is 5.11. The van der Waals surface area contributed by atoms with Crippen molar-refractivity contribution in [1.82, 2.24) is 0 Å². The van der Waals surface area contributed by atoms with Crippen LogP contribution in [0, 0.1) is 5.92 Å². The van der Waals surface area contributed by atoms with Crippen molar-refractivity contribution in [2.45, 2.75) is 46.0 Å². The summed E-state index contributed by atoms with van der Waals surface area (Å²) in [7, 11) is 0. The normalized spacial score (nSPS) is 23.5. The fourth-order valence-corrected chi connectivity index (χ4v) is 1.86. The molecule has 0 aromatic rings. The quantitative estimate of drug-likeness (QED) is 0.551.